The second-order valence-corrected chi connectivity index (χ2v) is 9.54. The summed E-state index contributed by atoms with van der Waals surface area (Å²) in [5.41, 5.74) is 2.86. The summed E-state index contributed by atoms with van der Waals surface area (Å²) in [6, 6.07) is 0. The van der Waals surface area contributed by atoms with E-state index < -0.39 is 6.10 Å². The van der Waals surface area contributed by atoms with Crippen LogP contribution in [0.1, 0.15) is 91.4 Å². The molecule has 0 spiro atoms. The second kappa shape index (κ2) is 11.9. The Hall–Kier alpha value is -0.930. The van der Waals surface area contributed by atoms with Crippen LogP contribution in [0.5, 0.6) is 0 Å². The number of fused-ring (bicyclic) bond motifs is 1. The zero-order valence-corrected chi connectivity index (χ0v) is 18.3. The van der Waals surface area contributed by atoms with E-state index in [1.54, 1.807) is 0 Å². The normalized spacial score (nSPS) is 27.4. The fourth-order valence-corrected chi connectivity index (χ4v) is 5.17. The number of aliphatic hydroxyl groups excluding tert-OH is 2. The van der Waals surface area contributed by atoms with Gasteiger partial charge in [-0.15, -0.1) is 0 Å². The average Bonchev–Trinajstić information content (AvgIpc) is 3.14. The van der Waals surface area contributed by atoms with Crippen molar-refractivity contribution < 1.29 is 15.0 Å². The summed E-state index contributed by atoms with van der Waals surface area (Å²) in [6.07, 6.45) is 15.2. The van der Waals surface area contributed by atoms with E-state index >= 15 is 0 Å². The molecule has 0 aliphatic heterocycles. The van der Waals surface area contributed by atoms with Crippen LogP contribution in [0.15, 0.2) is 23.3 Å². The molecule has 2 rings (SSSR count). The average molecular weight is 391 g/mol. The highest BCUT2D eigenvalue weighted by atomic mass is 16.3. The first-order valence-electron chi connectivity index (χ1n) is 11.6. The largest absolute Gasteiger partial charge is 0.396 e. The molecule has 3 nitrogen and oxygen atoms in total. The van der Waals surface area contributed by atoms with Crippen molar-refractivity contribution in [3.8, 4) is 0 Å². The van der Waals surface area contributed by atoms with Gasteiger partial charge in [-0.05, 0) is 83.0 Å². The number of Topliss-reactive ketones (excluding diaryl/α,β-unsaturated/α-hetero) is 1. The van der Waals surface area contributed by atoms with Gasteiger partial charge in [0, 0.05) is 18.9 Å². The van der Waals surface area contributed by atoms with Gasteiger partial charge >= 0.3 is 0 Å². The maximum absolute atomic E-state index is 12.9. The molecule has 0 aromatic heterocycles. The van der Waals surface area contributed by atoms with Crippen LogP contribution in [0.3, 0.4) is 0 Å². The van der Waals surface area contributed by atoms with Gasteiger partial charge in [0.2, 0.25) is 0 Å². The van der Waals surface area contributed by atoms with Gasteiger partial charge in [-0.1, -0.05) is 43.1 Å². The number of ketones is 1. The smallest absolute Gasteiger partial charge is 0.138 e. The van der Waals surface area contributed by atoms with E-state index in [0.29, 0.717) is 30.0 Å². The molecule has 160 valence electrons. The number of unbranched alkanes of at least 4 members (excludes halogenated alkanes) is 2. The molecule has 2 aliphatic carbocycles. The molecule has 0 unspecified atom stereocenters. The van der Waals surface area contributed by atoms with Gasteiger partial charge in [0.05, 0.1) is 6.10 Å². The molecule has 5 atom stereocenters. The number of hydrogen-bond acceptors (Lipinski definition) is 3. The van der Waals surface area contributed by atoms with E-state index in [1.807, 2.05) is 0 Å². The number of hydrogen-bond donors (Lipinski definition) is 2. The van der Waals surface area contributed by atoms with Crippen molar-refractivity contribution in [2.75, 3.05) is 6.61 Å². The lowest BCUT2D eigenvalue weighted by Gasteiger charge is -2.21. The lowest BCUT2D eigenvalue weighted by atomic mass is 9.84. The molecule has 1 fully saturated rings. The first-order chi connectivity index (χ1) is 13.4. The lowest BCUT2D eigenvalue weighted by molar-refractivity contribution is -0.127. The maximum atomic E-state index is 12.9. The topological polar surface area (TPSA) is 57.5 Å². The van der Waals surface area contributed by atoms with Crippen molar-refractivity contribution in [3.63, 3.8) is 0 Å². The van der Waals surface area contributed by atoms with Crippen LogP contribution < -0.4 is 0 Å². The Labute approximate surface area is 172 Å². The number of carbonyl (C=O) groups excluding carboxylic acids is 1. The minimum absolute atomic E-state index is 0.142. The van der Waals surface area contributed by atoms with E-state index in [-0.39, 0.29) is 12.5 Å². The Balaban J connectivity index is 1.72. The monoisotopic (exact) mass is 390 g/mol. The zero-order valence-electron chi connectivity index (χ0n) is 18.3. The molecule has 3 heteroatoms. The Morgan fingerprint density at radius 2 is 2.00 bits per heavy atom. The molecule has 0 aromatic rings. The molecule has 2 N–H and O–H groups in total. The van der Waals surface area contributed by atoms with Crippen LogP contribution >= 0.6 is 0 Å². The predicted molar refractivity (Wildman–Crippen MR) is 116 cm³/mol. The second-order valence-electron chi connectivity index (χ2n) is 9.54. The highest BCUT2D eigenvalue weighted by molar-refractivity contribution is 5.82. The van der Waals surface area contributed by atoms with E-state index in [1.165, 1.54) is 17.6 Å². The van der Waals surface area contributed by atoms with Crippen molar-refractivity contribution in [3.05, 3.63) is 23.3 Å². The number of aliphatic hydroxyl groups is 2. The fourth-order valence-electron chi connectivity index (χ4n) is 5.17. The minimum atomic E-state index is -0.440. The van der Waals surface area contributed by atoms with Gasteiger partial charge in [0.15, 0.2) is 0 Å². The van der Waals surface area contributed by atoms with Gasteiger partial charge in [-0.3, -0.25) is 4.79 Å². The first kappa shape index (κ1) is 23.3. The summed E-state index contributed by atoms with van der Waals surface area (Å²) in [6.45, 7) is 6.85. The third-order valence-electron chi connectivity index (χ3n) is 6.75. The summed E-state index contributed by atoms with van der Waals surface area (Å²) in [5, 5.41) is 19.4. The van der Waals surface area contributed by atoms with Crippen LogP contribution in [0.25, 0.3) is 0 Å². The van der Waals surface area contributed by atoms with Crippen LogP contribution in [0, 0.1) is 23.7 Å². The summed E-state index contributed by atoms with van der Waals surface area (Å²) < 4.78 is 0. The molecule has 0 saturated heterocycles. The first-order valence-corrected chi connectivity index (χ1v) is 11.6. The molecule has 0 radical (unpaired) electrons. The number of allylic oxidation sites excluding steroid dienone is 4. The molecular formula is C25H42O3. The predicted octanol–water partition coefficient (Wildman–Crippen LogP) is 5.60. The number of rotatable bonds is 13. The van der Waals surface area contributed by atoms with Crippen LogP contribution in [-0.2, 0) is 4.79 Å². The van der Waals surface area contributed by atoms with Crippen LogP contribution in [-0.4, -0.2) is 28.7 Å². The summed E-state index contributed by atoms with van der Waals surface area (Å²) in [7, 11) is 0. The summed E-state index contributed by atoms with van der Waals surface area (Å²) in [4.78, 5) is 12.9. The van der Waals surface area contributed by atoms with Crippen molar-refractivity contribution in [2.45, 2.75) is 97.5 Å². The molecular weight excluding hydrogens is 348 g/mol. The summed E-state index contributed by atoms with van der Waals surface area (Å²) in [5.74, 6) is 1.55. The van der Waals surface area contributed by atoms with E-state index in [0.717, 1.165) is 57.8 Å². The van der Waals surface area contributed by atoms with Gasteiger partial charge < -0.3 is 10.2 Å². The van der Waals surface area contributed by atoms with Gasteiger partial charge in [0.25, 0.3) is 0 Å². The Bertz CT molecular complexity index is 544. The van der Waals surface area contributed by atoms with Crippen molar-refractivity contribution in [2.24, 2.45) is 23.7 Å². The molecule has 0 heterocycles. The third-order valence-corrected chi connectivity index (χ3v) is 6.75. The number of carbonyl (C=O) groups is 1. The molecule has 28 heavy (non-hydrogen) atoms. The zero-order chi connectivity index (χ0) is 20.5. The fraction of sp³-hybridized carbons (Fsp3) is 0.800. The summed E-state index contributed by atoms with van der Waals surface area (Å²) >= 11 is 0. The molecule has 0 bridgehead atoms. The molecule has 1 saturated carbocycles. The Kier molecular flexibility index (Phi) is 9.94. The third kappa shape index (κ3) is 7.15. The maximum Gasteiger partial charge on any atom is 0.138 e. The van der Waals surface area contributed by atoms with E-state index in [2.05, 4.69) is 32.9 Å². The highest BCUT2D eigenvalue weighted by Crippen LogP contribution is 2.48. The Morgan fingerprint density at radius 1 is 1.21 bits per heavy atom. The van der Waals surface area contributed by atoms with Gasteiger partial charge in [-0.25, -0.2) is 0 Å². The minimum Gasteiger partial charge on any atom is -0.396 e. The van der Waals surface area contributed by atoms with Crippen molar-refractivity contribution in [1.29, 1.82) is 0 Å². The van der Waals surface area contributed by atoms with Gasteiger partial charge in [0.1, 0.15) is 5.78 Å². The van der Waals surface area contributed by atoms with E-state index in [4.69, 9.17) is 5.11 Å². The lowest BCUT2D eigenvalue weighted by Crippen LogP contribution is -2.28. The van der Waals surface area contributed by atoms with Crippen LogP contribution in [0.4, 0.5) is 0 Å². The van der Waals surface area contributed by atoms with Crippen LogP contribution in [0.2, 0.25) is 0 Å². The molecule has 2 aliphatic rings. The highest BCUT2D eigenvalue weighted by Gasteiger charge is 2.47. The SMILES string of the molecule is CC(C)=CCC[C@@H](C)CCCC(=O)[C@@H]1[C@@H]2CC(CCCCCO)=C[C@@H]2C[C@H]1O. The van der Waals surface area contributed by atoms with Crippen molar-refractivity contribution in [1.82, 2.24) is 0 Å². The Morgan fingerprint density at radius 3 is 2.71 bits per heavy atom. The molecule has 0 amide bonds. The van der Waals surface area contributed by atoms with Gasteiger partial charge in [-0.2, -0.15) is 0 Å². The quantitative estimate of drug-likeness (QED) is 0.318. The standard InChI is InChI=1S/C25H42O3/c1-18(2)9-7-10-19(3)11-8-13-23(27)25-22-16-20(12-5-4-6-14-26)15-21(22)17-24(25)28/h9,15,19,21-22,24-26,28H,4-8,10-14,16-17H2,1-3H3/t19-,21-,22-,24-,25+/m1/s1. The molecule has 0 aromatic carbocycles. The van der Waals surface area contributed by atoms with E-state index in [9.17, 15) is 9.90 Å². The van der Waals surface area contributed by atoms with Crippen molar-refractivity contribution >= 4 is 5.78 Å².